The molecule has 0 saturated carbocycles. The highest BCUT2D eigenvalue weighted by Crippen LogP contribution is 2.19. The summed E-state index contributed by atoms with van der Waals surface area (Å²) in [6, 6.07) is 8.21. The number of nitrogens with two attached hydrogens (primary N) is 1. The van der Waals surface area contributed by atoms with Gasteiger partial charge in [0.25, 0.3) is 0 Å². The largest absolute Gasteiger partial charge is 0.487 e. The van der Waals surface area contributed by atoms with Crippen molar-refractivity contribution in [3.05, 3.63) is 53.6 Å². The Bertz CT molecular complexity index is 529. The second-order valence-corrected chi connectivity index (χ2v) is 3.74. The van der Waals surface area contributed by atoms with Gasteiger partial charge in [-0.25, -0.2) is 4.39 Å². The van der Waals surface area contributed by atoms with Crippen LogP contribution in [0.4, 0.5) is 10.1 Å². The first-order valence-corrected chi connectivity index (χ1v) is 5.25. The molecule has 0 aliphatic heterocycles. The van der Waals surface area contributed by atoms with Crippen molar-refractivity contribution in [2.45, 2.75) is 13.5 Å². The van der Waals surface area contributed by atoms with E-state index in [1.165, 1.54) is 12.1 Å². The van der Waals surface area contributed by atoms with Crippen molar-refractivity contribution in [1.82, 2.24) is 4.98 Å². The fourth-order valence-corrected chi connectivity index (χ4v) is 1.42. The number of hydrogen-bond acceptors (Lipinski definition) is 3. The molecule has 0 amide bonds. The molecule has 2 N–H and O–H groups in total. The summed E-state index contributed by atoms with van der Waals surface area (Å²) in [6.45, 7) is 2.27. The Morgan fingerprint density at radius 3 is 2.88 bits per heavy atom. The molecule has 1 aromatic carbocycles. The van der Waals surface area contributed by atoms with Crippen LogP contribution in [0, 0.1) is 12.7 Å². The zero-order chi connectivity index (χ0) is 12.3. The molecule has 3 nitrogen and oxygen atoms in total. The zero-order valence-corrected chi connectivity index (χ0v) is 9.48. The van der Waals surface area contributed by atoms with E-state index in [0.717, 1.165) is 11.3 Å². The van der Waals surface area contributed by atoms with Crippen LogP contribution in [0.1, 0.15) is 11.3 Å². The first kappa shape index (κ1) is 11.4. The summed E-state index contributed by atoms with van der Waals surface area (Å²) in [7, 11) is 0. The lowest BCUT2D eigenvalue weighted by Gasteiger charge is -2.08. The monoisotopic (exact) mass is 232 g/mol. The number of nitrogens with zero attached hydrogens (tertiary/aromatic N) is 1. The van der Waals surface area contributed by atoms with Gasteiger partial charge < -0.3 is 10.5 Å². The molecule has 0 fully saturated rings. The Morgan fingerprint density at radius 2 is 2.18 bits per heavy atom. The molecular weight excluding hydrogens is 219 g/mol. The smallest absolute Gasteiger partial charge is 0.149 e. The summed E-state index contributed by atoms with van der Waals surface area (Å²) in [6.07, 6.45) is 1.70. The summed E-state index contributed by atoms with van der Waals surface area (Å²) in [5.41, 5.74) is 7.38. The highest BCUT2D eigenvalue weighted by Gasteiger charge is 2.03. The minimum absolute atomic E-state index is 0.117. The predicted octanol–water partition coefficient (Wildman–Crippen LogP) is 2.69. The van der Waals surface area contributed by atoms with Crippen LogP contribution in [0.5, 0.6) is 5.75 Å². The van der Waals surface area contributed by atoms with Gasteiger partial charge in [0.1, 0.15) is 18.2 Å². The van der Waals surface area contributed by atoms with E-state index in [1.807, 2.05) is 19.1 Å². The van der Waals surface area contributed by atoms with Crippen molar-refractivity contribution in [3.8, 4) is 5.75 Å². The number of benzene rings is 1. The van der Waals surface area contributed by atoms with Gasteiger partial charge in [-0.05, 0) is 30.7 Å². The van der Waals surface area contributed by atoms with Crippen molar-refractivity contribution < 1.29 is 9.13 Å². The minimum atomic E-state index is -0.472. The molecule has 0 radical (unpaired) electrons. The van der Waals surface area contributed by atoms with Crippen molar-refractivity contribution in [2.24, 2.45) is 0 Å². The van der Waals surface area contributed by atoms with Crippen LogP contribution >= 0.6 is 0 Å². The number of ether oxygens (including phenoxy) is 1. The molecule has 0 spiro atoms. The molecule has 0 unspecified atom stereocenters. The lowest BCUT2D eigenvalue weighted by atomic mass is 10.2. The quantitative estimate of drug-likeness (QED) is 0.828. The van der Waals surface area contributed by atoms with E-state index in [2.05, 4.69) is 4.98 Å². The highest BCUT2D eigenvalue weighted by molar-refractivity contribution is 5.43. The van der Waals surface area contributed by atoms with Crippen LogP contribution in [0.3, 0.4) is 0 Å². The predicted molar refractivity (Wildman–Crippen MR) is 64.1 cm³/mol. The lowest BCUT2D eigenvalue weighted by molar-refractivity contribution is 0.299. The Labute approximate surface area is 99.1 Å². The first-order chi connectivity index (χ1) is 8.16. The van der Waals surface area contributed by atoms with Crippen LogP contribution in [-0.4, -0.2) is 4.98 Å². The van der Waals surface area contributed by atoms with Crippen LogP contribution < -0.4 is 10.5 Å². The maximum atomic E-state index is 13.2. The van der Waals surface area contributed by atoms with Crippen molar-refractivity contribution in [2.75, 3.05) is 5.73 Å². The normalized spacial score (nSPS) is 10.2. The summed E-state index contributed by atoms with van der Waals surface area (Å²) in [5.74, 6) is -0.0259. The van der Waals surface area contributed by atoms with Crippen LogP contribution in [-0.2, 0) is 6.61 Å². The molecule has 1 aromatic heterocycles. The van der Waals surface area contributed by atoms with E-state index < -0.39 is 5.82 Å². The van der Waals surface area contributed by atoms with Gasteiger partial charge in [0.05, 0.1) is 11.4 Å². The van der Waals surface area contributed by atoms with E-state index >= 15 is 0 Å². The van der Waals surface area contributed by atoms with Crippen molar-refractivity contribution in [1.29, 1.82) is 0 Å². The number of hydrogen-bond donors (Lipinski definition) is 1. The summed E-state index contributed by atoms with van der Waals surface area (Å²) < 4.78 is 18.6. The number of pyridine rings is 1. The number of aryl methyl sites for hydroxylation is 1. The number of halogens is 1. The van der Waals surface area contributed by atoms with E-state index in [4.69, 9.17) is 10.5 Å². The van der Waals surface area contributed by atoms with E-state index in [-0.39, 0.29) is 5.69 Å². The van der Waals surface area contributed by atoms with E-state index in [9.17, 15) is 4.39 Å². The molecule has 0 aliphatic rings. The van der Waals surface area contributed by atoms with Gasteiger partial charge in [0.15, 0.2) is 0 Å². The molecule has 17 heavy (non-hydrogen) atoms. The van der Waals surface area contributed by atoms with E-state index in [0.29, 0.717) is 12.4 Å². The van der Waals surface area contributed by atoms with Gasteiger partial charge in [-0.15, -0.1) is 0 Å². The van der Waals surface area contributed by atoms with E-state index in [1.54, 1.807) is 12.3 Å². The maximum Gasteiger partial charge on any atom is 0.149 e. The summed E-state index contributed by atoms with van der Waals surface area (Å²) >= 11 is 0. The second-order valence-electron chi connectivity index (χ2n) is 3.74. The van der Waals surface area contributed by atoms with Crippen LogP contribution in [0.2, 0.25) is 0 Å². The van der Waals surface area contributed by atoms with Gasteiger partial charge >= 0.3 is 0 Å². The van der Waals surface area contributed by atoms with Crippen LogP contribution in [0.25, 0.3) is 0 Å². The van der Waals surface area contributed by atoms with Gasteiger partial charge in [0.2, 0.25) is 0 Å². The Balaban J connectivity index is 2.08. The molecular formula is C13H13FN2O. The van der Waals surface area contributed by atoms with Crippen molar-refractivity contribution >= 4 is 5.69 Å². The first-order valence-electron chi connectivity index (χ1n) is 5.25. The Hall–Kier alpha value is -2.10. The minimum Gasteiger partial charge on any atom is -0.487 e. The molecule has 0 saturated heterocycles. The molecule has 4 heteroatoms. The van der Waals surface area contributed by atoms with Crippen LogP contribution in [0.15, 0.2) is 36.5 Å². The third-order valence-electron chi connectivity index (χ3n) is 2.47. The average molecular weight is 232 g/mol. The maximum absolute atomic E-state index is 13.2. The molecule has 0 bridgehead atoms. The fourth-order valence-electron chi connectivity index (χ4n) is 1.42. The van der Waals surface area contributed by atoms with Gasteiger partial charge in [-0.2, -0.15) is 0 Å². The number of anilines is 1. The topological polar surface area (TPSA) is 48.1 Å². The average Bonchev–Trinajstić information content (AvgIpc) is 2.32. The Kier molecular flexibility index (Phi) is 3.23. The van der Waals surface area contributed by atoms with Crippen molar-refractivity contribution in [3.63, 3.8) is 0 Å². The highest BCUT2D eigenvalue weighted by atomic mass is 19.1. The third-order valence-corrected chi connectivity index (χ3v) is 2.47. The molecule has 88 valence electrons. The standard InChI is InChI=1S/C13H13FN2O/c1-9-3-2-6-16-13(9)8-17-10-4-5-12(15)11(14)7-10/h2-7H,8,15H2,1H3. The van der Waals surface area contributed by atoms with Gasteiger partial charge in [-0.3, -0.25) is 4.98 Å². The SMILES string of the molecule is Cc1cccnc1COc1ccc(N)c(F)c1. The summed E-state index contributed by atoms with van der Waals surface area (Å²) in [5, 5.41) is 0. The second kappa shape index (κ2) is 4.82. The third kappa shape index (κ3) is 2.72. The van der Waals surface area contributed by atoms with Gasteiger partial charge in [0, 0.05) is 12.3 Å². The Morgan fingerprint density at radius 1 is 1.35 bits per heavy atom. The van der Waals surface area contributed by atoms with Gasteiger partial charge in [-0.1, -0.05) is 6.07 Å². The molecule has 0 aliphatic carbocycles. The molecule has 1 heterocycles. The number of aromatic nitrogens is 1. The number of rotatable bonds is 3. The molecule has 2 aromatic rings. The lowest BCUT2D eigenvalue weighted by Crippen LogP contribution is -2.01. The molecule has 0 atom stereocenters. The summed E-state index contributed by atoms with van der Waals surface area (Å²) in [4.78, 5) is 4.19. The zero-order valence-electron chi connectivity index (χ0n) is 9.48. The molecule has 2 rings (SSSR count). The fraction of sp³-hybridized carbons (Fsp3) is 0.154. The number of nitrogen functional groups attached to an aromatic ring is 1.